The van der Waals surface area contributed by atoms with Crippen molar-refractivity contribution in [3.8, 4) is 0 Å². The molecule has 2 aliphatic rings. The van der Waals surface area contributed by atoms with Gasteiger partial charge in [-0.15, -0.1) is 0 Å². The molecule has 8 bridgehead atoms. The average Bonchev–Trinajstić information content (AvgIpc) is 3.65. The summed E-state index contributed by atoms with van der Waals surface area (Å²) in [5.41, 5.74) is 14.8. The lowest BCUT2D eigenvalue weighted by Crippen LogP contribution is -1.92. The van der Waals surface area contributed by atoms with Crippen molar-refractivity contribution in [3.05, 3.63) is 57.9 Å². The first-order valence-corrected chi connectivity index (χ1v) is 14.4. The third kappa shape index (κ3) is 4.30. The molecule has 0 amide bonds. The van der Waals surface area contributed by atoms with E-state index in [2.05, 4.69) is 76.6 Å². The van der Waals surface area contributed by atoms with Crippen molar-refractivity contribution in [2.45, 2.75) is 93.4 Å². The van der Waals surface area contributed by atoms with Crippen LogP contribution in [0.3, 0.4) is 0 Å². The molecular weight excluding hydrogens is 468 g/mol. The number of fused-ring (bicyclic) bond motifs is 8. The second-order valence-corrected chi connectivity index (χ2v) is 9.98. The molecule has 3 aromatic rings. The van der Waals surface area contributed by atoms with Gasteiger partial charge in [0.2, 0.25) is 0 Å². The van der Waals surface area contributed by atoms with Crippen LogP contribution in [-0.4, -0.2) is 29.9 Å². The number of nitrogens with one attached hydrogen (secondary N) is 2. The highest BCUT2D eigenvalue weighted by atomic mass is 15.0. The van der Waals surface area contributed by atoms with Gasteiger partial charge in [0.1, 0.15) is 11.3 Å². The summed E-state index contributed by atoms with van der Waals surface area (Å²) < 4.78 is 0. The third-order valence-corrected chi connectivity index (χ3v) is 8.00. The second-order valence-electron chi connectivity index (χ2n) is 9.98. The van der Waals surface area contributed by atoms with E-state index in [0.29, 0.717) is 0 Å². The number of hydrogen-bond acceptors (Lipinski definition) is 4. The van der Waals surface area contributed by atoms with Gasteiger partial charge in [0, 0.05) is 22.2 Å². The Hall–Kier alpha value is -3.54. The van der Waals surface area contributed by atoms with Crippen LogP contribution in [0.1, 0.15) is 114 Å². The Bertz CT molecular complexity index is 1610. The minimum absolute atomic E-state index is 0.809. The van der Waals surface area contributed by atoms with Crippen molar-refractivity contribution in [2.75, 3.05) is 0 Å². The van der Waals surface area contributed by atoms with Crippen LogP contribution < -0.4 is 0 Å². The number of hydrogen-bond donors (Lipinski definition) is 2. The fraction of sp³-hybridized carbons (Fsp3) is 0.438. The summed E-state index contributed by atoms with van der Waals surface area (Å²) >= 11 is 0. The number of aryl methyl sites for hydroxylation is 3. The number of H-pyrrole nitrogens is 2. The summed E-state index contributed by atoms with van der Waals surface area (Å²) in [5.74, 6) is 1.62. The highest BCUT2D eigenvalue weighted by Gasteiger charge is 2.23. The zero-order valence-corrected chi connectivity index (χ0v) is 24.0. The molecule has 3 aromatic heterocycles. The van der Waals surface area contributed by atoms with Gasteiger partial charge in [0.15, 0.2) is 11.6 Å². The Morgan fingerprint density at radius 1 is 0.500 bits per heavy atom. The zero-order chi connectivity index (χ0) is 27.0. The van der Waals surface area contributed by atoms with Crippen molar-refractivity contribution in [2.24, 2.45) is 0 Å². The third-order valence-electron chi connectivity index (χ3n) is 8.00. The quantitative estimate of drug-likeness (QED) is 0.336. The van der Waals surface area contributed by atoms with Gasteiger partial charge < -0.3 is 9.97 Å². The van der Waals surface area contributed by atoms with Crippen LogP contribution in [0.5, 0.6) is 0 Å². The number of rotatable bonds is 7. The summed E-state index contributed by atoms with van der Waals surface area (Å²) in [5, 5.41) is 0. The molecule has 0 radical (unpaired) electrons. The fourth-order valence-electron chi connectivity index (χ4n) is 6.09. The Morgan fingerprint density at radius 3 is 1.55 bits per heavy atom. The summed E-state index contributed by atoms with van der Waals surface area (Å²) in [4.78, 5) is 27.7. The molecule has 2 aliphatic heterocycles. The Morgan fingerprint density at radius 2 is 1.05 bits per heavy atom. The molecule has 0 aliphatic carbocycles. The van der Waals surface area contributed by atoms with E-state index < -0.39 is 0 Å². The summed E-state index contributed by atoms with van der Waals surface area (Å²) in [7, 11) is 0. The molecule has 0 saturated carbocycles. The van der Waals surface area contributed by atoms with E-state index in [1.54, 1.807) is 0 Å². The normalized spacial score (nSPS) is 13.7. The van der Waals surface area contributed by atoms with E-state index in [0.717, 1.165) is 90.3 Å². The first kappa shape index (κ1) is 26.1. The molecule has 0 aromatic carbocycles. The molecule has 2 N–H and O–H groups in total. The van der Waals surface area contributed by atoms with Gasteiger partial charge in [-0.05, 0) is 91.0 Å². The molecule has 0 atom stereocenters. The van der Waals surface area contributed by atoms with Gasteiger partial charge in [0.25, 0.3) is 0 Å². The summed E-state index contributed by atoms with van der Waals surface area (Å²) in [6, 6.07) is 6.58. The van der Waals surface area contributed by atoms with Crippen molar-refractivity contribution >= 4 is 44.6 Å². The number of aromatic amines is 2. The van der Waals surface area contributed by atoms with Crippen LogP contribution in [-0.2, 0) is 19.3 Å². The maximum Gasteiger partial charge on any atom is 0.158 e. The molecule has 0 spiro atoms. The van der Waals surface area contributed by atoms with E-state index in [4.69, 9.17) is 19.9 Å². The van der Waals surface area contributed by atoms with Gasteiger partial charge in [-0.3, -0.25) is 0 Å². The summed E-state index contributed by atoms with van der Waals surface area (Å²) in [6.07, 6.45) is 6.38. The van der Waals surface area contributed by atoms with E-state index in [-0.39, 0.29) is 0 Å². The van der Waals surface area contributed by atoms with Crippen LogP contribution in [0, 0.1) is 0 Å². The number of aromatic nitrogens is 6. The standard InChI is InChI=1S/C32H40N6/c1-8-18-15-29-33-25(18)16-26-20(10-3)23(13-6)31(35-26)38-32-24(14-7)21(11-4)28(36-32)17-27-19(9-2)22(12-5)30(34-27)37-29/h15-17H,8-14H2,1-7H3,(H2,33,34,37). The van der Waals surface area contributed by atoms with Crippen LogP contribution in [0.2, 0.25) is 0 Å². The largest absolute Gasteiger partial charge is 0.340 e. The van der Waals surface area contributed by atoms with Crippen LogP contribution in [0.4, 0.5) is 0 Å². The molecule has 0 saturated heterocycles. The van der Waals surface area contributed by atoms with Crippen LogP contribution >= 0.6 is 0 Å². The summed E-state index contributed by atoms with van der Waals surface area (Å²) in [6.45, 7) is 15.4. The van der Waals surface area contributed by atoms with E-state index >= 15 is 0 Å². The van der Waals surface area contributed by atoms with Gasteiger partial charge in [-0.1, -0.05) is 48.5 Å². The van der Waals surface area contributed by atoms with E-state index in [9.17, 15) is 0 Å². The van der Waals surface area contributed by atoms with Crippen molar-refractivity contribution in [1.82, 2.24) is 29.9 Å². The predicted octanol–water partition coefficient (Wildman–Crippen LogP) is 8.25. The average molecular weight is 509 g/mol. The maximum absolute atomic E-state index is 5.15. The molecule has 6 nitrogen and oxygen atoms in total. The molecule has 198 valence electrons. The van der Waals surface area contributed by atoms with Crippen LogP contribution in [0.15, 0.2) is 18.2 Å². The van der Waals surface area contributed by atoms with Gasteiger partial charge in [-0.25, -0.2) is 19.9 Å². The minimum Gasteiger partial charge on any atom is -0.340 e. The first-order valence-electron chi connectivity index (χ1n) is 14.4. The van der Waals surface area contributed by atoms with E-state index in [1.807, 2.05) is 0 Å². The zero-order valence-electron chi connectivity index (χ0n) is 24.0. The van der Waals surface area contributed by atoms with Crippen molar-refractivity contribution in [1.29, 1.82) is 0 Å². The van der Waals surface area contributed by atoms with Crippen LogP contribution in [0.25, 0.3) is 44.6 Å². The minimum atomic E-state index is 0.809. The van der Waals surface area contributed by atoms with Crippen molar-refractivity contribution in [3.63, 3.8) is 0 Å². The van der Waals surface area contributed by atoms with Gasteiger partial charge in [-0.2, -0.15) is 0 Å². The topological polar surface area (TPSA) is 83.1 Å². The first-order chi connectivity index (χ1) is 18.5. The highest BCUT2D eigenvalue weighted by Crippen LogP contribution is 2.37. The molecule has 0 fully saturated rings. The molecule has 5 rings (SSSR count). The monoisotopic (exact) mass is 508 g/mol. The molecule has 0 unspecified atom stereocenters. The molecule has 5 heterocycles. The number of nitrogens with zero attached hydrogens (tertiary/aromatic N) is 4. The molecule has 6 heteroatoms. The lowest BCUT2D eigenvalue weighted by Gasteiger charge is -2.04. The smallest absolute Gasteiger partial charge is 0.158 e. The Kier molecular flexibility index (Phi) is 7.33. The van der Waals surface area contributed by atoms with Gasteiger partial charge >= 0.3 is 0 Å². The predicted molar refractivity (Wildman–Crippen MR) is 160 cm³/mol. The highest BCUT2D eigenvalue weighted by molar-refractivity contribution is 5.94. The lowest BCUT2D eigenvalue weighted by molar-refractivity contribution is 1.05. The second kappa shape index (κ2) is 10.7. The molecular formula is C32H40N6. The van der Waals surface area contributed by atoms with Crippen molar-refractivity contribution < 1.29 is 0 Å². The molecule has 38 heavy (non-hydrogen) atoms. The lowest BCUT2D eigenvalue weighted by atomic mass is 10.0. The van der Waals surface area contributed by atoms with Gasteiger partial charge in [0.05, 0.1) is 11.4 Å². The maximum atomic E-state index is 5.15. The Labute approximate surface area is 225 Å². The fourth-order valence-corrected chi connectivity index (χ4v) is 6.09. The number of allylic oxidation sites excluding steroid dienone is 4. The Balaban J connectivity index is 1.99. The SMILES string of the molecule is CCC1=C(CC)c2nc1cc1[nH]c(cc1CC)nc1[nH]c(cc3nc(n2)C(CC)=C3CC)c(CC)c1CC. The van der Waals surface area contributed by atoms with E-state index in [1.165, 1.54) is 39.0 Å².